The Balaban J connectivity index is 0.000000180. The predicted octanol–water partition coefficient (Wildman–Crippen LogP) is 3.69. The monoisotopic (exact) mass is 262 g/mol. The lowest BCUT2D eigenvalue weighted by Crippen LogP contribution is -2.27. The van der Waals surface area contributed by atoms with Crippen LogP contribution in [0.15, 0.2) is 47.8 Å². The average Bonchev–Trinajstić information content (AvgIpc) is 2.84. The van der Waals surface area contributed by atoms with Crippen molar-refractivity contribution < 1.29 is 0 Å². The molecule has 0 aliphatic carbocycles. The number of benzene rings is 1. The molecule has 0 saturated heterocycles. The van der Waals surface area contributed by atoms with E-state index in [0.29, 0.717) is 0 Å². The second-order valence-electron chi connectivity index (χ2n) is 4.93. The Morgan fingerprint density at radius 3 is 1.89 bits per heavy atom. The maximum Gasteiger partial charge on any atom is 0.0446 e. The van der Waals surface area contributed by atoms with Crippen molar-refractivity contribution in [2.75, 3.05) is 19.0 Å². The Labute approximate surface area is 114 Å². The highest BCUT2D eigenvalue weighted by Crippen LogP contribution is 2.21. The minimum atomic E-state index is -0.159. The Morgan fingerprint density at radius 2 is 1.61 bits per heavy atom. The van der Waals surface area contributed by atoms with Crippen LogP contribution in [0.3, 0.4) is 0 Å². The van der Waals surface area contributed by atoms with Gasteiger partial charge in [-0.25, -0.2) is 0 Å². The topological polar surface area (TPSA) is 29.3 Å². The van der Waals surface area contributed by atoms with Crippen LogP contribution in [0, 0.1) is 0 Å². The summed E-state index contributed by atoms with van der Waals surface area (Å²) in [7, 11) is 4.07. The van der Waals surface area contributed by atoms with Crippen molar-refractivity contribution >= 4 is 17.0 Å². The Bertz CT molecular complexity index is 427. The number of hydrogen-bond donors (Lipinski definition) is 1. The van der Waals surface area contributed by atoms with E-state index in [0.717, 1.165) is 0 Å². The first-order chi connectivity index (χ1) is 8.41. The third-order valence-corrected chi connectivity index (χ3v) is 3.64. The zero-order valence-electron chi connectivity index (χ0n) is 11.6. The molecule has 3 heteroatoms. The van der Waals surface area contributed by atoms with Gasteiger partial charge in [-0.3, -0.25) is 0 Å². The molecule has 0 spiro atoms. The Morgan fingerprint density at radius 1 is 1.00 bits per heavy atom. The Kier molecular flexibility index (Phi) is 5.38. The molecule has 0 radical (unpaired) electrons. The van der Waals surface area contributed by atoms with Gasteiger partial charge in [0.1, 0.15) is 0 Å². The van der Waals surface area contributed by atoms with Crippen molar-refractivity contribution in [3.8, 4) is 0 Å². The second-order valence-corrected chi connectivity index (χ2v) is 5.88. The van der Waals surface area contributed by atoms with E-state index >= 15 is 0 Å². The maximum atomic E-state index is 5.81. The first-order valence-electron chi connectivity index (χ1n) is 5.96. The van der Waals surface area contributed by atoms with E-state index in [9.17, 15) is 0 Å². The highest BCUT2D eigenvalue weighted by atomic mass is 32.1. The fraction of sp³-hybridized carbons (Fsp3) is 0.333. The maximum absolute atomic E-state index is 5.81. The van der Waals surface area contributed by atoms with Gasteiger partial charge in [0.05, 0.1) is 0 Å². The van der Waals surface area contributed by atoms with Crippen molar-refractivity contribution in [3.05, 3.63) is 52.7 Å². The summed E-state index contributed by atoms with van der Waals surface area (Å²) in [5.74, 6) is 0. The van der Waals surface area contributed by atoms with Crippen LogP contribution in [-0.4, -0.2) is 14.1 Å². The van der Waals surface area contributed by atoms with Gasteiger partial charge in [-0.15, -0.1) is 11.3 Å². The first kappa shape index (κ1) is 14.7. The fourth-order valence-corrected chi connectivity index (χ4v) is 2.14. The van der Waals surface area contributed by atoms with Crippen LogP contribution in [0.4, 0.5) is 5.69 Å². The van der Waals surface area contributed by atoms with Gasteiger partial charge in [0.25, 0.3) is 0 Å². The van der Waals surface area contributed by atoms with E-state index in [1.54, 1.807) is 11.3 Å². The zero-order valence-corrected chi connectivity index (χ0v) is 12.4. The summed E-state index contributed by atoms with van der Waals surface area (Å²) in [6.07, 6.45) is 0. The third kappa shape index (κ3) is 4.90. The molecule has 0 aliphatic heterocycles. The van der Waals surface area contributed by atoms with Gasteiger partial charge in [0, 0.05) is 30.2 Å². The van der Waals surface area contributed by atoms with E-state index in [2.05, 4.69) is 23.1 Å². The quantitative estimate of drug-likeness (QED) is 0.894. The normalized spacial score (nSPS) is 10.5. The largest absolute Gasteiger partial charge is 0.378 e. The summed E-state index contributed by atoms with van der Waals surface area (Å²) in [6.45, 7) is 4.03. The van der Waals surface area contributed by atoms with E-state index < -0.39 is 0 Å². The van der Waals surface area contributed by atoms with E-state index in [1.807, 2.05) is 57.6 Å². The van der Waals surface area contributed by atoms with Gasteiger partial charge in [-0.2, -0.15) is 0 Å². The lowest BCUT2D eigenvalue weighted by Gasteiger charge is -2.15. The number of anilines is 1. The summed E-state index contributed by atoms with van der Waals surface area (Å²) >= 11 is 1.70. The number of para-hydroxylation sites is 1. The summed E-state index contributed by atoms with van der Waals surface area (Å²) in [4.78, 5) is 3.32. The highest BCUT2D eigenvalue weighted by Gasteiger charge is 2.13. The SMILES string of the molecule is CC(C)(N)c1cccs1.CN(C)c1ccccc1. The molecule has 0 saturated carbocycles. The molecule has 0 amide bonds. The summed E-state index contributed by atoms with van der Waals surface area (Å²) in [6, 6.07) is 14.3. The lowest BCUT2D eigenvalue weighted by molar-refractivity contribution is 0.567. The molecule has 2 nitrogen and oxygen atoms in total. The molecule has 1 heterocycles. The molecule has 1 aromatic heterocycles. The molecule has 0 aliphatic rings. The van der Waals surface area contributed by atoms with Crippen molar-refractivity contribution in [3.63, 3.8) is 0 Å². The summed E-state index contributed by atoms with van der Waals surface area (Å²) < 4.78 is 0. The zero-order chi connectivity index (χ0) is 13.6. The van der Waals surface area contributed by atoms with Gasteiger partial charge >= 0.3 is 0 Å². The highest BCUT2D eigenvalue weighted by molar-refractivity contribution is 7.10. The van der Waals surface area contributed by atoms with Crippen LogP contribution >= 0.6 is 11.3 Å². The number of rotatable bonds is 2. The third-order valence-electron chi connectivity index (χ3n) is 2.43. The fourth-order valence-electron chi connectivity index (χ4n) is 1.37. The summed E-state index contributed by atoms with van der Waals surface area (Å²) in [5, 5.41) is 2.05. The molecule has 2 aromatic rings. The van der Waals surface area contributed by atoms with Gasteiger partial charge in [0.15, 0.2) is 0 Å². The van der Waals surface area contributed by atoms with Gasteiger partial charge in [-0.05, 0) is 37.4 Å². The number of nitrogens with zero attached hydrogens (tertiary/aromatic N) is 1. The average molecular weight is 262 g/mol. The standard InChI is InChI=1S/C8H11N.C7H11NS/c1-9(2)8-6-4-3-5-7-8;1-7(2,8)6-4-3-5-9-6/h3-7H,1-2H3;3-5H,8H2,1-2H3. The van der Waals surface area contributed by atoms with Crippen molar-refractivity contribution in [2.24, 2.45) is 5.73 Å². The molecule has 98 valence electrons. The van der Waals surface area contributed by atoms with E-state index in [-0.39, 0.29) is 5.54 Å². The van der Waals surface area contributed by atoms with Gasteiger partial charge in [-0.1, -0.05) is 24.3 Å². The van der Waals surface area contributed by atoms with Crippen LogP contribution in [0.5, 0.6) is 0 Å². The van der Waals surface area contributed by atoms with Crippen molar-refractivity contribution in [2.45, 2.75) is 19.4 Å². The summed E-state index contributed by atoms with van der Waals surface area (Å²) in [5.41, 5.74) is 6.90. The molecule has 18 heavy (non-hydrogen) atoms. The predicted molar refractivity (Wildman–Crippen MR) is 82.3 cm³/mol. The van der Waals surface area contributed by atoms with Crippen LogP contribution < -0.4 is 10.6 Å². The first-order valence-corrected chi connectivity index (χ1v) is 6.84. The minimum Gasteiger partial charge on any atom is -0.378 e. The molecule has 0 bridgehead atoms. The smallest absolute Gasteiger partial charge is 0.0446 e. The van der Waals surface area contributed by atoms with Gasteiger partial charge < -0.3 is 10.6 Å². The van der Waals surface area contributed by atoms with Crippen LogP contribution in [0.1, 0.15) is 18.7 Å². The van der Waals surface area contributed by atoms with Crippen LogP contribution in [0.2, 0.25) is 0 Å². The second kappa shape index (κ2) is 6.57. The minimum absolute atomic E-state index is 0.159. The van der Waals surface area contributed by atoms with E-state index in [4.69, 9.17) is 5.73 Å². The molecular weight excluding hydrogens is 240 g/mol. The van der Waals surface area contributed by atoms with Crippen LogP contribution in [-0.2, 0) is 5.54 Å². The molecule has 0 atom stereocenters. The number of thiophene rings is 1. The van der Waals surface area contributed by atoms with Gasteiger partial charge in [0.2, 0.25) is 0 Å². The van der Waals surface area contributed by atoms with Crippen molar-refractivity contribution in [1.82, 2.24) is 0 Å². The number of nitrogens with two attached hydrogens (primary N) is 1. The molecule has 2 N–H and O–H groups in total. The molecule has 1 aromatic carbocycles. The van der Waals surface area contributed by atoms with Crippen LogP contribution in [0.25, 0.3) is 0 Å². The van der Waals surface area contributed by atoms with E-state index in [1.165, 1.54) is 10.6 Å². The molecule has 0 fully saturated rings. The number of hydrogen-bond acceptors (Lipinski definition) is 3. The molecular formula is C15H22N2S. The molecule has 0 unspecified atom stereocenters. The lowest BCUT2D eigenvalue weighted by atomic mass is 10.1. The molecule has 2 rings (SSSR count). The Hall–Kier alpha value is -1.32. The van der Waals surface area contributed by atoms with Crippen molar-refractivity contribution in [1.29, 1.82) is 0 Å².